The molecule has 0 bridgehead atoms. The second kappa shape index (κ2) is 6.86. The van der Waals surface area contributed by atoms with Crippen LogP contribution in [0.4, 0.5) is 0 Å². The van der Waals surface area contributed by atoms with Gasteiger partial charge in [0.05, 0.1) is 6.54 Å². The van der Waals surface area contributed by atoms with Gasteiger partial charge in [0.25, 0.3) is 0 Å². The van der Waals surface area contributed by atoms with Gasteiger partial charge in [0, 0.05) is 32.8 Å². The van der Waals surface area contributed by atoms with Crippen LogP contribution in [0.3, 0.4) is 0 Å². The Morgan fingerprint density at radius 2 is 2.25 bits per heavy atom. The standard InChI is InChI=1S/C12H24N2O2/c1-4-14(11-5-6-11)12(15)8-13-7-10(2)9-16-3/h10-11,13H,4-9H2,1-3H3. The summed E-state index contributed by atoms with van der Waals surface area (Å²) in [5, 5.41) is 3.20. The maximum Gasteiger partial charge on any atom is 0.236 e. The number of nitrogens with one attached hydrogen (secondary N) is 1. The molecule has 1 rings (SSSR count). The molecule has 1 unspecified atom stereocenters. The van der Waals surface area contributed by atoms with Crippen molar-refractivity contribution in [2.75, 3.05) is 33.4 Å². The molecule has 0 heterocycles. The van der Waals surface area contributed by atoms with Crippen molar-refractivity contribution in [1.29, 1.82) is 0 Å². The zero-order valence-electron chi connectivity index (χ0n) is 10.7. The number of ether oxygens (including phenoxy) is 1. The van der Waals surface area contributed by atoms with Crippen LogP contribution >= 0.6 is 0 Å². The fraction of sp³-hybridized carbons (Fsp3) is 0.917. The fourth-order valence-electron chi connectivity index (χ4n) is 1.89. The molecule has 0 aliphatic heterocycles. The molecular weight excluding hydrogens is 204 g/mol. The predicted molar refractivity (Wildman–Crippen MR) is 64.3 cm³/mol. The van der Waals surface area contributed by atoms with Crippen molar-refractivity contribution >= 4 is 5.91 Å². The second-order valence-electron chi connectivity index (χ2n) is 4.60. The van der Waals surface area contributed by atoms with Gasteiger partial charge in [0.2, 0.25) is 5.91 Å². The molecule has 1 aliphatic carbocycles. The largest absolute Gasteiger partial charge is 0.384 e. The summed E-state index contributed by atoms with van der Waals surface area (Å²) in [6, 6.07) is 0.524. The van der Waals surface area contributed by atoms with Crippen molar-refractivity contribution in [2.24, 2.45) is 5.92 Å². The Balaban J connectivity index is 2.13. The molecule has 1 aliphatic rings. The molecule has 1 N–H and O–H groups in total. The van der Waals surface area contributed by atoms with Crippen molar-refractivity contribution in [3.63, 3.8) is 0 Å². The number of rotatable bonds is 8. The number of amides is 1. The minimum atomic E-state index is 0.231. The lowest BCUT2D eigenvalue weighted by Crippen LogP contribution is -2.40. The van der Waals surface area contributed by atoms with E-state index in [0.717, 1.165) is 19.7 Å². The van der Waals surface area contributed by atoms with E-state index in [9.17, 15) is 4.79 Å². The Morgan fingerprint density at radius 3 is 2.75 bits per heavy atom. The molecule has 94 valence electrons. The predicted octanol–water partition coefficient (Wildman–Crippen LogP) is 0.869. The number of hydrogen-bond donors (Lipinski definition) is 1. The van der Waals surface area contributed by atoms with Crippen LogP contribution in [0, 0.1) is 5.92 Å². The molecule has 0 saturated heterocycles. The average Bonchev–Trinajstić information content (AvgIpc) is 3.03. The van der Waals surface area contributed by atoms with E-state index in [1.165, 1.54) is 12.8 Å². The molecule has 16 heavy (non-hydrogen) atoms. The first-order valence-corrected chi connectivity index (χ1v) is 6.18. The van der Waals surface area contributed by atoms with Crippen LogP contribution in [0.2, 0.25) is 0 Å². The van der Waals surface area contributed by atoms with E-state index in [0.29, 0.717) is 18.5 Å². The monoisotopic (exact) mass is 228 g/mol. The van der Waals surface area contributed by atoms with Gasteiger partial charge in [-0.3, -0.25) is 4.79 Å². The number of hydrogen-bond acceptors (Lipinski definition) is 3. The van der Waals surface area contributed by atoms with E-state index in [1.807, 2.05) is 11.8 Å². The number of carbonyl (C=O) groups is 1. The molecule has 0 spiro atoms. The summed E-state index contributed by atoms with van der Waals surface area (Å²) >= 11 is 0. The van der Waals surface area contributed by atoms with Crippen LogP contribution in [0.1, 0.15) is 26.7 Å². The van der Waals surface area contributed by atoms with Gasteiger partial charge in [0.1, 0.15) is 0 Å². The number of methoxy groups -OCH3 is 1. The summed E-state index contributed by atoms with van der Waals surface area (Å²) < 4.78 is 5.04. The van der Waals surface area contributed by atoms with E-state index >= 15 is 0 Å². The van der Waals surface area contributed by atoms with Crippen LogP contribution in [-0.2, 0) is 9.53 Å². The van der Waals surface area contributed by atoms with E-state index in [1.54, 1.807) is 7.11 Å². The van der Waals surface area contributed by atoms with Gasteiger partial charge < -0.3 is 15.0 Å². The lowest BCUT2D eigenvalue weighted by molar-refractivity contribution is -0.130. The smallest absolute Gasteiger partial charge is 0.236 e. The van der Waals surface area contributed by atoms with Crippen LogP contribution < -0.4 is 5.32 Å². The molecule has 4 nitrogen and oxygen atoms in total. The first-order chi connectivity index (χ1) is 7.69. The van der Waals surface area contributed by atoms with Crippen LogP contribution in [0.15, 0.2) is 0 Å². The highest BCUT2D eigenvalue weighted by Crippen LogP contribution is 2.26. The number of likely N-dealkylation sites (N-methyl/N-ethyl adjacent to an activating group) is 1. The molecule has 0 aromatic rings. The van der Waals surface area contributed by atoms with Crippen molar-refractivity contribution in [3.05, 3.63) is 0 Å². The maximum absolute atomic E-state index is 11.8. The fourth-order valence-corrected chi connectivity index (χ4v) is 1.89. The van der Waals surface area contributed by atoms with E-state index in [-0.39, 0.29) is 5.91 Å². The third-order valence-corrected chi connectivity index (χ3v) is 2.87. The summed E-state index contributed by atoms with van der Waals surface area (Å²) in [6.45, 7) is 7.02. The highest BCUT2D eigenvalue weighted by atomic mass is 16.5. The molecule has 0 radical (unpaired) electrons. The molecule has 4 heteroatoms. The molecule has 1 saturated carbocycles. The normalized spacial score (nSPS) is 17.2. The van der Waals surface area contributed by atoms with E-state index in [4.69, 9.17) is 4.74 Å². The van der Waals surface area contributed by atoms with Crippen molar-refractivity contribution in [1.82, 2.24) is 10.2 Å². The van der Waals surface area contributed by atoms with Gasteiger partial charge in [-0.05, 0) is 25.7 Å². The molecule has 1 fully saturated rings. The summed E-state index contributed by atoms with van der Waals surface area (Å²) in [6.07, 6.45) is 2.36. The summed E-state index contributed by atoms with van der Waals surface area (Å²) in [7, 11) is 1.70. The Bertz CT molecular complexity index is 217. The SMILES string of the molecule is CCN(C(=O)CNCC(C)COC)C1CC1. The maximum atomic E-state index is 11.8. The Morgan fingerprint density at radius 1 is 1.56 bits per heavy atom. The van der Waals surface area contributed by atoms with Gasteiger partial charge in [0.15, 0.2) is 0 Å². The van der Waals surface area contributed by atoms with Crippen molar-refractivity contribution < 1.29 is 9.53 Å². The first kappa shape index (κ1) is 13.5. The van der Waals surface area contributed by atoms with Crippen LogP contribution in [0.25, 0.3) is 0 Å². The quantitative estimate of drug-likeness (QED) is 0.670. The van der Waals surface area contributed by atoms with E-state index < -0.39 is 0 Å². The Labute approximate surface area is 98.3 Å². The topological polar surface area (TPSA) is 41.6 Å². The summed E-state index contributed by atoms with van der Waals surface area (Å²) in [4.78, 5) is 13.8. The highest BCUT2D eigenvalue weighted by molar-refractivity contribution is 5.78. The van der Waals surface area contributed by atoms with Crippen molar-refractivity contribution in [3.8, 4) is 0 Å². The minimum absolute atomic E-state index is 0.231. The number of carbonyl (C=O) groups excluding carboxylic acids is 1. The number of nitrogens with zero attached hydrogens (tertiary/aromatic N) is 1. The Hall–Kier alpha value is -0.610. The molecule has 1 atom stereocenters. The molecule has 0 aromatic carbocycles. The second-order valence-corrected chi connectivity index (χ2v) is 4.60. The Kier molecular flexibility index (Phi) is 5.77. The van der Waals surface area contributed by atoms with Gasteiger partial charge in [-0.25, -0.2) is 0 Å². The molecule has 0 aromatic heterocycles. The molecule has 1 amide bonds. The van der Waals surface area contributed by atoms with Gasteiger partial charge in [-0.2, -0.15) is 0 Å². The van der Waals surface area contributed by atoms with Gasteiger partial charge >= 0.3 is 0 Å². The zero-order chi connectivity index (χ0) is 12.0. The average molecular weight is 228 g/mol. The summed E-state index contributed by atoms with van der Waals surface area (Å²) in [5.41, 5.74) is 0. The van der Waals surface area contributed by atoms with E-state index in [2.05, 4.69) is 12.2 Å². The summed E-state index contributed by atoms with van der Waals surface area (Å²) in [5.74, 6) is 0.684. The third kappa shape index (κ3) is 4.49. The van der Waals surface area contributed by atoms with Crippen LogP contribution in [-0.4, -0.2) is 50.2 Å². The lowest BCUT2D eigenvalue weighted by atomic mass is 10.2. The van der Waals surface area contributed by atoms with Gasteiger partial charge in [-0.1, -0.05) is 6.92 Å². The molecular formula is C12H24N2O2. The first-order valence-electron chi connectivity index (χ1n) is 6.18. The lowest BCUT2D eigenvalue weighted by Gasteiger charge is -2.21. The highest BCUT2D eigenvalue weighted by Gasteiger charge is 2.30. The third-order valence-electron chi connectivity index (χ3n) is 2.87. The zero-order valence-corrected chi connectivity index (χ0v) is 10.7. The van der Waals surface area contributed by atoms with Crippen LogP contribution in [0.5, 0.6) is 0 Å². The van der Waals surface area contributed by atoms with Crippen molar-refractivity contribution in [2.45, 2.75) is 32.7 Å². The van der Waals surface area contributed by atoms with Gasteiger partial charge in [-0.15, -0.1) is 0 Å². The minimum Gasteiger partial charge on any atom is -0.384 e.